The molecule has 0 saturated heterocycles. The average Bonchev–Trinajstić information content (AvgIpc) is 3.03. The zero-order chi connectivity index (χ0) is 19.8. The number of allylic oxidation sites excluding steroid dienone is 4. The molecule has 150 valence electrons. The SMILES string of the molecule is CC(C)(C)[O][Zr]([O]C(C)(C)C)([O]C(C)(C)C)[C]1=C(C2CCCC2)C=CC1. The fraction of sp³-hybridized carbons (Fsp3) is 0.818. The second-order valence-electron chi connectivity index (χ2n) is 10.7. The molecule has 4 heteroatoms. The zero-order valence-corrected chi connectivity index (χ0v) is 21.0. The van der Waals surface area contributed by atoms with Gasteiger partial charge in [0.2, 0.25) is 0 Å². The van der Waals surface area contributed by atoms with Gasteiger partial charge in [0, 0.05) is 0 Å². The Hall–Kier alpha value is 0.243. The van der Waals surface area contributed by atoms with Crippen LogP contribution in [-0.2, 0) is 30.0 Å². The Morgan fingerprint density at radius 1 is 0.769 bits per heavy atom. The minimum absolute atomic E-state index is 0.303. The molecular formula is C22H40O3Zr. The van der Waals surface area contributed by atoms with Gasteiger partial charge in [-0.15, -0.1) is 0 Å². The molecule has 0 aromatic rings. The van der Waals surface area contributed by atoms with Gasteiger partial charge in [0.1, 0.15) is 0 Å². The molecule has 2 aliphatic carbocycles. The van der Waals surface area contributed by atoms with E-state index in [2.05, 4.69) is 74.5 Å². The van der Waals surface area contributed by atoms with E-state index in [9.17, 15) is 0 Å². The molecule has 1 saturated carbocycles. The van der Waals surface area contributed by atoms with Crippen molar-refractivity contribution in [3.05, 3.63) is 21.0 Å². The van der Waals surface area contributed by atoms with E-state index in [4.69, 9.17) is 8.44 Å². The summed E-state index contributed by atoms with van der Waals surface area (Å²) >= 11 is -4.06. The Balaban J connectivity index is 2.57. The van der Waals surface area contributed by atoms with E-state index < -0.39 is 21.6 Å². The standard InChI is InChI=1S/C10H13.3C4H9O.Zr/c1-2-6-9(5-1)10-7-3-4-8-10;3*1-4(2,3)5;/h1,5,10H,2-4,7-8H2;3*1-3H3;/q;3*-1;+3. The van der Waals surface area contributed by atoms with Crippen LogP contribution in [0.15, 0.2) is 21.0 Å². The Labute approximate surface area is 167 Å². The molecule has 26 heavy (non-hydrogen) atoms. The molecule has 0 aliphatic heterocycles. The molecule has 3 nitrogen and oxygen atoms in total. The number of rotatable bonds is 5. The third-order valence-electron chi connectivity index (χ3n) is 4.45. The van der Waals surface area contributed by atoms with E-state index in [0.717, 1.165) is 6.42 Å². The van der Waals surface area contributed by atoms with Gasteiger partial charge in [0.25, 0.3) is 0 Å². The first-order chi connectivity index (χ1) is 11.7. The monoisotopic (exact) mass is 442 g/mol. The summed E-state index contributed by atoms with van der Waals surface area (Å²) in [6.07, 6.45) is 10.8. The Morgan fingerprint density at radius 3 is 1.58 bits per heavy atom. The number of hydrogen-bond donors (Lipinski definition) is 0. The summed E-state index contributed by atoms with van der Waals surface area (Å²) in [5.74, 6) is 0.649. The van der Waals surface area contributed by atoms with Gasteiger partial charge in [0.15, 0.2) is 0 Å². The third-order valence-corrected chi connectivity index (χ3v) is 14.0. The molecule has 1 fully saturated rings. The Bertz CT molecular complexity index is 509. The summed E-state index contributed by atoms with van der Waals surface area (Å²) in [6, 6.07) is 0. The molecule has 0 amide bonds. The third kappa shape index (κ3) is 6.40. The molecule has 2 aliphatic rings. The van der Waals surface area contributed by atoms with Crippen LogP contribution in [0.3, 0.4) is 0 Å². The van der Waals surface area contributed by atoms with Gasteiger partial charge in [-0.1, -0.05) is 0 Å². The summed E-state index contributed by atoms with van der Waals surface area (Å²) in [5, 5.41) is 0. The first-order valence-electron chi connectivity index (χ1n) is 10.2. The second kappa shape index (κ2) is 7.93. The molecule has 0 aromatic heterocycles. The molecule has 0 bridgehead atoms. The van der Waals surface area contributed by atoms with Crippen molar-refractivity contribution >= 4 is 0 Å². The van der Waals surface area contributed by atoms with Gasteiger partial charge < -0.3 is 0 Å². The second-order valence-corrected chi connectivity index (χ2v) is 16.4. The van der Waals surface area contributed by atoms with E-state index in [1.807, 2.05) is 0 Å². The van der Waals surface area contributed by atoms with Crippen molar-refractivity contribution in [2.24, 2.45) is 5.92 Å². The first-order valence-corrected chi connectivity index (χ1v) is 14.5. The molecule has 0 atom stereocenters. The molecule has 2 rings (SSSR count). The van der Waals surface area contributed by atoms with Crippen LogP contribution < -0.4 is 0 Å². The minimum atomic E-state index is -4.06. The summed E-state index contributed by atoms with van der Waals surface area (Å²) < 4.78 is 21.8. The molecular weight excluding hydrogens is 403 g/mol. The Kier molecular flexibility index (Phi) is 6.88. The maximum absolute atomic E-state index is 6.82. The normalized spacial score (nSPS) is 20.5. The van der Waals surface area contributed by atoms with Crippen LogP contribution in [0, 0.1) is 5.92 Å². The van der Waals surface area contributed by atoms with E-state index in [0.29, 0.717) is 5.92 Å². The molecule has 0 unspecified atom stereocenters. The zero-order valence-electron chi connectivity index (χ0n) is 18.5. The summed E-state index contributed by atoms with van der Waals surface area (Å²) in [4.78, 5) is 0. The fourth-order valence-corrected chi connectivity index (χ4v) is 13.5. The van der Waals surface area contributed by atoms with Crippen LogP contribution in [0.25, 0.3) is 0 Å². The topological polar surface area (TPSA) is 27.7 Å². The van der Waals surface area contributed by atoms with Crippen molar-refractivity contribution in [1.29, 1.82) is 0 Å². The molecule has 0 aromatic carbocycles. The summed E-state index contributed by atoms with van der Waals surface area (Å²) in [7, 11) is 0. The van der Waals surface area contributed by atoms with Gasteiger partial charge >= 0.3 is 168 Å². The molecule has 0 heterocycles. The van der Waals surface area contributed by atoms with Gasteiger partial charge in [-0.25, -0.2) is 0 Å². The van der Waals surface area contributed by atoms with Crippen LogP contribution in [0.5, 0.6) is 0 Å². The average molecular weight is 444 g/mol. The Morgan fingerprint density at radius 2 is 1.19 bits per heavy atom. The van der Waals surface area contributed by atoms with Crippen LogP contribution in [0.2, 0.25) is 0 Å². The molecule has 0 N–H and O–H groups in total. The summed E-state index contributed by atoms with van der Waals surface area (Å²) in [6.45, 7) is 19.1. The molecule has 0 radical (unpaired) electrons. The van der Waals surface area contributed by atoms with Gasteiger partial charge in [-0.05, 0) is 0 Å². The van der Waals surface area contributed by atoms with E-state index in [1.54, 1.807) is 0 Å². The fourth-order valence-electron chi connectivity index (χ4n) is 3.90. The van der Waals surface area contributed by atoms with Crippen molar-refractivity contribution in [3.63, 3.8) is 0 Å². The predicted octanol–water partition coefficient (Wildman–Crippen LogP) is 6.73. The van der Waals surface area contributed by atoms with Crippen LogP contribution in [-0.4, -0.2) is 16.8 Å². The number of hydrogen-bond acceptors (Lipinski definition) is 3. The predicted molar refractivity (Wildman–Crippen MR) is 105 cm³/mol. The maximum atomic E-state index is 6.82. The van der Waals surface area contributed by atoms with Crippen molar-refractivity contribution in [2.75, 3.05) is 0 Å². The van der Waals surface area contributed by atoms with E-state index in [-0.39, 0.29) is 16.8 Å². The van der Waals surface area contributed by atoms with Gasteiger partial charge in [-0.3, -0.25) is 0 Å². The van der Waals surface area contributed by atoms with E-state index >= 15 is 0 Å². The van der Waals surface area contributed by atoms with Gasteiger partial charge in [0.05, 0.1) is 0 Å². The van der Waals surface area contributed by atoms with Crippen molar-refractivity contribution < 1.29 is 30.0 Å². The van der Waals surface area contributed by atoms with Crippen molar-refractivity contribution in [2.45, 2.75) is 111 Å². The van der Waals surface area contributed by atoms with Crippen molar-refractivity contribution in [3.8, 4) is 0 Å². The van der Waals surface area contributed by atoms with E-state index in [1.165, 1.54) is 34.5 Å². The molecule has 0 spiro atoms. The first kappa shape index (κ1) is 22.5. The van der Waals surface area contributed by atoms with Crippen LogP contribution in [0.4, 0.5) is 0 Å². The van der Waals surface area contributed by atoms with Crippen LogP contribution in [0.1, 0.15) is 94.4 Å². The quantitative estimate of drug-likeness (QED) is 0.471. The van der Waals surface area contributed by atoms with Gasteiger partial charge in [-0.2, -0.15) is 0 Å². The van der Waals surface area contributed by atoms with Crippen LogP contribution >= 0.6 is 0 Å². The van der Waals surface area contributed by atoms with Crippen molar-refractivity contribution in [1.82, 2.24) is 0 Å². The summed E-state index contributed by atoms with van der Waals surface area (Å²) in [5.41, 5.74) is 0.561.